The summed E-state index contributed by atoms with van der Waals surface area (Å²) < 4.78 is 0. The molecule has 2 unspecified atom stereocenters. The van der Waals surface area contributed by atoms with Crippen LogP contribution in [0.15, 0.2) is 0 Å². The maximum Gasteiger partial charge on any atom is 0.0521 e. The Bertz CT molecular complexity index is 126. The van der Waals surface area contributed by atoms with Crippen LogP contribution in [0.25, 0.3) is 0 Å². The molecule has 0 aromatic rings. The summed E-state index contributed by atoms with van der Waals surface area (Å²) in [6, 6.07) is 0. The van der Waals surface area contributed by atoms with Gasteiger partial charge in [-0.05, 0) is 12.8 Å². The van der Waals surface area contributed by atoms with Crippen molar-refractivity contribution in [1.29, 1.82) is 0 Å². The minimum absolute atomic E-state index is 1.23. The van der Waals surface area contributed by atoms with E-state index in [2.05, 4.69) is 21.6 Å². The van der Waals surface area contributed by atoms with Crippen molar-refractivity contribution in [3.63, 3.8) is 0 Å². The van der Waals surface area contributed by atoms with E-state index < -0.39 is 0 Å². The van der Waals surface area contributed by atoms with Gasteiger partial charge in [0.05, 0.1) is 6.67 Å². The molecule has 0 aromatic heterocycles. The number of nitrogens with zero attached hydrogens (tertiary/aromatic N) is 2. The van der Waals surface area contributed by atoms with Crippen LogP contribution >= 0.6 is 11.8 Å². The molecule has 2 heterocycles. The first-order valence-corrected chi connectivity index (χ1v) is 6.13. The van der Waals surface area contributed by atoms with E-state index in [1.165, 1.54) is 57.2 Å². The van der Waals surface area contributed by atoms with Crippen LogP contribution in [-0.2, 0) is 0 Å². The summed E-state index contributed by atoms with van der Waals surface area (Å²) in [5.41, 5.74) is 0. The van der Waals surface area contributed by atoms with E-state index >= 15 is 0 Å². The molecule has 2 nitrogen and oxygen atoms in total. The van der Waals surface area contributed by atoms with E-state index in [9.17, 15) is 0 Å². The van der Waals surface area contributed by atoms with Gasteiger partial charge in [0.1, 0.15) is 0 Å². The van der Waals surface area contributed by atoms with Gasteiger partial charge in [-0.1, -0.05) is 12.8 Å². The van der Waals surface area contributed by atoms with Gasteiger partial charge in [0, 0.05) is 24.8 Å². The normalized spacial score (nSPS) is 38.0. The number of fused-ring (bicyclic) bond motifs is 2. The maximum absolute atomic E-state index is 2.58. The highest BCUT2D eigenvalue weighted by Gasteiger charge is 2.17. The second-order valence-electron chi connectivity index (χ2n) is 3.81. The van der Waals surface area contributed by atoms with Gasteiger partial charge in [0.25, 0.3) is 0 Å². The van der Waals surface area contributed by atoms with Gasteiger partial charge in [0.15, 0.2) is 0 Å². The minimum atomic E-state index is 1.23. The van der Waals surface area contributed by atoms with E-state index in [-0.39, 0.29) is 0 Å². The standard InChI is InChI=1S/C9H18N2S/c1-2-4-6-11-7-10(5-3-1)8-12-9-11/h1-9H2. The molecule has 2 aliphatic heterocycles. The highest BCUT2D eigenvalue weighted by Crippen LogP contribution is 2.18. The van der Waals surface area contributed by atoms with Crippen LogP contribution in [0.1, 0.15) is 25.7 Å². The first-order valence-electron chi connectivity index (χ1n) is 4.97. The van der Waals surface area contributed by atoms with Gasteiger partial charge >= 0.3 is 0 Å². The minimum Gasteiger partial charge on any atom is -0.281 e. The summed E-state index contributed by atoms with van der Waals surface area (Å²) in [4.78, 5) is 5.17. The predicted octanol–water partition coefficient (Wildman–Crippen LogP) is 1.78. The largest absolute Gasteiger partial charge is 0.281 e. The monoisotopic (exact) mass is 186 g/mol. The number of rotatable bonds is 0. The Labute approximate surface area is 79.3 Å². The number of thioether (sulfide) groups is 1. The smallest absolute Gasteiger partial charge is 0.0521 e. The average molecular weight is 186 g/mol. The van der Waals surface area contributed by atoms with Gasteiger partial charge in [0.2, 0.25) is 0 Å². The van der Waals surface area contributed by atoms with E-state index in [4.69, 9.17) is 0 Å². The number of hydrogen-bond donors (Lipinski definition) is 0. The molecule has 2 saturated heterocycles. The van der Waals surface area contributed by atoms with E-state index in [1.807, 2.05) is 0 Å². The van der Waals surface area contributed by atoms with Crippen LogP contribution in [0, 0.1) is 0 Å². The summed E-state index contributed by atoms with van der Waals surface area (Å²) >= 11 is 2.07. The Kier molecular flexibility index (Phi) is 3.31. The van der Waals surface area contributed by atoms with Gasteiger partial charge < -0.3 is 0 Å². The molecule has 2 atom stereocenters. The molecule has 70 valence electrons. The van der Waals surface area contributed by atoms with E-state index in [0.717, 1.165) is 0 Å². The summed E-state index contributed by atoms with van der Waals surface area (Å²) in [5, 5.41) is 0. The Morgan fingerprint density at radius 2 is 1.33 bits per heavy atom. The summed E-state index contributed by atoms with van der Waals surface area (Å²) in [7, 11) is 0. The second kappa shape index (κ2) is 4.49. The molecule has 2 bridgehead atoms. The highest BCUT2D eigenvalue weighted by molar-refractivity contribution is 7.99. The van der Waals surface area contributed by atoms with Crippen molar-refractivity contribution in [3.05, 3.63) is 0 Å². The quantitative estimate of drug-likeness (QED) is 0.569. The van der Waals surface area contributed by atoms with Crippen molar-refractivity contribution < 1.29 is 0 Å². The zero-order chi connectivity index (χ0) is 8.23. The molecule has 0 radical (unpaired) electrons. The molecule has 0 saturated carbocycles. The lowest BCUT2D eigenvalue weighted by atomic mass is 10.2. The van der Waals surface area contributed by atoms with E-state index in [0.29, 0.717) is 0 Å². The second-order valence-corrected chi connectivity index (χ2v) is 4.73. The molecule has 2 rings (SSSR count). The van der Waals surface area contributed by atoms with Crippen LogP contribution in [0.5, 0.6) is 0 Å². The summed E-state index contributed by atoms with van der Waals surface area (Å²) in [6.07, 6.45) is 5.70. The van der Waals surface area contributed by atoms with Crippen molar-refractivity contribution in [2.24, 2.45) is 0 Å². The molecule has 0 aromatic carbocycles. The summed E-state index contributed by atoms with van der Waals surface area (Å²) in [5.74, 6) is 2.52. The third-order valence-corrected chi connectivity index (χ3v) is 3.74. The fraction of sp³-hybridized carbons (Fsp3) is 1.00. The zero-order valence-electron chi connectivity index (χ0n) is 7.67. The van der Waals surface area contributed by atoms with Crippen molar-refractivity contribution in [2.45, 2.75) is 25.7 Å². The van der Waals surface area contributed by atoms with Crippen LogP contribution in [0.2, 0.25) is 0 Å². The third-order valence-electron chi connectivity index (χ3n) is 2.65. The molecule has 3 heteroatoms. The van der Waals surface area contributed by atoms with E-state index in [1.54, 1.807) is 0 Å². The molecule has 2 fully saturated rings. The Morgan fingerprint density at radius 1 is 0.750 bits per heavy atom. The van der Waals surface area contributed by atoms with Crippen LogP contribution < -0.4 is 0 Å². The molecule has 2 aliphatic rings. The zero-order valence-corrected chi connectivity index (χ0v) is 8.48. The lowest BCUT2D eigenvalue weighted by Crippen LogP contribution is -2.42. The van der Waals surface area contributed by atoms with Gasteiger partial charge in [-0.25, -0.2) is 0 Å². The topological polar surface area (TPSA) is 6.48 Å². The molecule has 0 N–H and O–H groups in total. The average Bonchev–Trinajstić information content (AvgIpc) is 2.17. The van der Waals surface area contributed by atoms with Crippen LogP contribution in [-0.4, -0.2) is 41.3 Å². The predicted molar refractivity (Wildman–Crippen MR) is 54.1 cm³/mol. The maximum atomic E-state index is 2.58. The van der Waals surface area contributed by atoms with Gasteiger partial charge in [-0.2, -0.15) is 0 Å². The fourth-order valence-corrected chi connectivity index (χ4v) is 2.98. The van der Waals surface area contributed by atoms with Gasteiger partial charge in [-0.15, -0.1) is 11.8 Å². The molecule has 0 spiro atoms. The SMILES string of the molecule is C1CCCN2CSCN(CC1)C2. The van der Waals surface area contributed by atoms with Crippen molar-refractivity contribution >= 4 is 11.8 Å². The fourth-order valence-electron chi connectivity index (χ4n) is 1.96. The lowest BCUT2D eigenvalue weighted by Gasteiger charge is -2.34. The van der Waals surface area contributed by atoms with Crippen molar-refractivity contribution in [3.8, 4) is 0 Å². The summed E-state index contributed by atoms with van der Waals surface area (Å²) in [6.45, 7) is 3.88. The highest BCUT2D eigenvalue weighted by atomic mass is 32.2. The lowest BCUT2D eigenvalue weighted by molar-refractivity contribution is 0.162. The van der Waals surface area contributed by atoms with Crippen molar-refractivity contribution in [2.75, 3.05) is 31.5 Å². The third kappa shape index (κ3) is 2.38. The van der Waals surface area contributed by atoms with Gasteiger partial charge in [-0.3, -0.25) is 9.80 Å². The molecule has 12 heavy (non-hydrogen) atoms. The van der Waals surface area contributed by atoms with Crippen LogP contribution in [0.3, 0.4) is 0 Å². The Hall–Kier alpha value is 0.270. The first-order chi connectivity index (χ1) is 5.95. The Morgan fingerprint density at radius 3 is 1.92 bits per heavy atom. The molecule has 0 amide bonds. The molecular weight excluding hydrogens is 168 g/mol. The Balaban J connectivity index is 1.88. The first kappa shape index (κ1) is 8.85. The van der Waals surface area contributed by atoms with Crippen LogP contribution in [0.4, 0.5) is 0 Å². The molecular formula is C9H18N2S. The molecule has 0 aliphatic carbocycles. The number of hydrogen-bond acceptors (Lipinski definition) is 3. The van der Waals surface area contributed by atoms with Crippen molar-refractivity contribution in [1.82, 2.24) is 9.80 Å².